The van der Waals surface area contributed by atoms with Gasteiger partial charge in [0.25, 0.3) is 0 Å². The molecular weight excluding hydrogens is 450 g/mol. The van der Waals surface area contributed by atoms with Crippen LogP contribution in [0, 0.1) is 0 Å². The molecule has 0 radical (unpaired) electrons. The van der Waals surface area contributed by atoms with Gasteiger partial charge in [-0.15, -0.1) is 0 Å². The lowest BCUT2D eigenvalue weighted by atomic mass is 10.3. The maximum absolute atomic E-state index is 13.1. The number of benzene rings is 2. The first-order chi connectivity index (χ1) is 15.5. The molecule has 2 aromatic carbocycles. The number of amides is 1. The fraction of sp³-hybridized carbons (Fsp3) is 0.381. The summed E-state index contributed by atoms with van der Waals surface area (Å²) in [4.78, 5) is 14.7. The summed E-state index contributed by atoms with van der Waals surface area (Å²) in [5, 5.41) is 2.90. The van der Waals surface area contributed by atoms with Gasteiger partial charge in [-0.25, -0.2) is 8.42 Å². The van der Waals surface area contributed by atoms with E-state index in [1.54, 1.807) is 24.3 Å². The Labute approximate surface area is 191 Å². The van der Waals surface area contributed by atoms with E-state index in [4.69, 9.17) is 4.74 Å². The predicted molar refractivity (Wildman–Crippen MR) is 123 cm³/mol. The monoisotopic (exact) mass is 475 g/mol. The Morgan fingerprint density at radius 2 is 1.88 bits per heavy atom. The van der Waals surface area contributed by atoms with Crippen LogP contribution in [0.5, 0.6) is 5.75 Å². The lowest BCUT2D eigenvalue weighted by Crippen LogP contribution is -2.50. The molecule has 1 fully saturated rings. The van der Waals surface area contributed by atoms with E-state index in [-0.39, 0.29) is 17.3 Å². The molecule has 0 spiro atoms. The third kappa shape index (κ3) is 4.90. The number of piperazine rings is 1. The predicted octanol–water partition coefficient (Wildman–Crippen LogP) is 2.43. The van der Waals surface area contributed by atoms with Gasteiger partial charge in [-0.1, -0.05) is 25.1 Å². The van der Waals surface area contributed by atoms with Crippen LogP contribution in [-0.2, 0) is 14.8 Å². The number of hydrogen-bond donors (Lipinski definition) is 1. The number of rotatable bonds is 8. The first-order valence-corrected chi connectivity index (χ1v) is 12.6. The standard InChI is InChI=1S/C21H25N5O4S2/c1-2-14-30-18-8-4-3-6-16(18)22-20(27)15-25-10-12-26(13-11-25)32(28,29)19-9-5-7-17-21(19)24-31-23-17/h3-9H,2,10-15H2,1H3,(H,22,27). The van der Waals surface area contributed by atoms with E-state index in [1.807, 2.05) is 30.0 Å². The lowest BCUT2D eigenvalue weighted by molar-refractivity contribution is -0.117. The van der Waals surface area contributed by atoms with Gasteiger partial charge in [0.15, 0.2) is 0 Å². The number of para-hydroxylation sites is 2. The highest BCUT2D eigenvalue weighted by atomic mass is 32.2. The fourth-order valence-corrected chi connectivity index (χ4v) is 5.73. The summed E-state index contributed by atoms with van der Waals surface area (Å²) in [7, 11) is -3.68. The highest BCUT2D eigenvalue weighted by molar-refractivity contribution is 7.89. The minimum absolute atomic E-state index is 0.160. The van der Waals surface area contributed by atoms with Gasteiger partial charge in [0.1, 0.15) is 21.7 Å². The molecule has 1 aromatic heterocycles. The maximum atomic E-state index is 13.1. The van der Waals surface area contributed by atoms with Gasteiger partial charge in [0, 0.05) is 26.2 Å². The van der Waals surface area contributed by atoms with E-state index in [0.29, 0.717) is 55.3 Å². The third-order valence-electron chi connectivity index (χ3n) is 5.19. The van der Waals surface area contributed by atoms with Gasteiger partial charge in [-0.2, -0.15) is 13.1 Å². The number of ether oxygens (including phenoxy) is 1. The molecule has 0 atom stereocenters. The van der Waals surface area contributed by atoms with E-state index >= 15 is 0 Å². The van der Waals surface area contributed by atoms with Crippen molar-refractivity contribution in [2.75, 3.05) is 44.6 Å². The normalized spacial score (nSPS) is 15.7. The van der Waals surface area contributed by atoms with Crippen molar-refractivity contribution in [3.63, 3.8) is 0 Å². The number of carbonyl (C=O) groups excluding carboxylic acids is 1. The first-order valence-electron chi connectivity index (χ1n) is 10.4. The van der Waals surface area contributed by atoms with Crippen molar-refractivity contribution in [1.29, 1.82) is 0 Å². The van der Waals surface area contributed by atoms with Crippen LogP contribution in [0.25, 0.3) is 11.0 Å². The second-order valence-electron chi connectivity index (χ2n) is 7.46. The van der Waals surface area contributed by atoms with Crippen LogP contribution < -0.4 is 10.1 Å². The maximum Gasteiger partial charge on any atom is 0.245 e. The lowest BCUT2D eigenvalue weighted by Gasteiger charge is -2.33. The Balaban J connectivity index is 1.35. The van der Waals surface area contributed by atoms with E-state index in [2.05, 4.69) is 14.1 Å². The topological polar surface area (TPSA) is 105 Å². The molecule has 1 saturated heterocycles. The van der Waals surface area contributed by atoms with E-state index in [9.17, 15) is 13.2 Å². The van der Waals surface area contributed by atoms with Crippen molar-refractivity contribution >= 4 is 44.4 Å². The summed E-state index contributed by atoms with van der Waals surface area (Å²) in [6.45, 7) is 4.32. The van der Waals surface area contributed by atoms with Crippen LogP contribution >= 0.6 is 11.7 Å². The fourth-order valence-electron chi connectivity index (χ4n) is 3.56. The average Bonchev–Trinajstić information content (AvgIpc) is 3.28. The number of nitrogens with zero attached hydrogens (tertiary/aromatic N) is 4. The summed E-state index contributed by atoms with van der Waals surface area (Å²) in [6, 6.07) is 12.3. The van der Waals surface area contributed by atoms with Crippen LogP contribution in [0.15, 0.2) is 47.4 Å². The van der Waals surface area contributed by atoms with Gasteiger partial charge >= 0.3 is 0 Å². The number of anilines is 1. The quantitative estimate of drug-likeness (QED) is 0.533. The molecule has 0 bridgehead atoms. The molecule has 4 rings (SSSR count). The zero-order chi connectivity index (χ0) is 22.6. The van der Waals surface area contributed by atoms with E-state index < -0.39 is 10.0 Å². The summed E-state index contributed by atoms with van der Waals surface area (Å²) in [5.74, 6) is 0.483. The van der Waals surface area contributed by atoms with Gasteiger partial charge in [0.05, 0.1) is 30.6 Å². The molecule has 170 valence electrons. The SMILES string of the molecule is CCCOc1ccccc1NC(=O)CN1CCN(S(=O)(=O)c2cccc3nsnc23)CC1. The van der Waals surface area contributed by atoms with Crippen LogP contribution in [-0.4, -0.2) is 71.6 Å². The molecule has 1 aliphatic heterocycles. The minimum Gasteiger partial charge on any atom is -0.491 e. The molecule has 11 heteroatoms. The summed E-state index contributed by atoms with van der Waals surface area (Å²) < 4.78 is 41.7. The molecule has 0 aliphatic carbocycles. The molecule has 2 heterocycles. The van der Waals surface area contributed by atoms with Crippen molar-refractivity contribution in [3.05, 3.63) is 42.5 Å². The zero-order valence-electron chi connectivity index (χ0n) is 17.7. The Hall–Kier alpha value is -2.60. The highest BCUT2D eigenvalue weighted by Gasteiger charge is 2.31. The van der Waals surface area contributed by atoms with Gasteiger partial charge < -0.3 is 10.1 Å². The highest BCUT2D eigenvalue weighted by Crippen LogP contribution is 2.26. The number of carbonyl (C=O) groups is 1. The molecule has 0 unspecified atom stereocenters. The second-order valence-corrected chi connectivity index (χ2v) is 9.90. The molecule has 1 aliphatic rings. The number of hydrogen-bond acceptors (Lipinski definition) is 8. The van der Waals surface area contributed by atoms with Crippen molar-refractivity contribution < 1.29 is 17.9 Å². The van der Waals surface area contributed by atoms with Crippen molar-refractivity contribution in [2.45, 2.75) is 18.2 Å². The van der Waals surface area contributed by atoms with Crippen LogP contribution in [0.1, 0.15) is 13.3 Å². The number of sulfonamides is 1. The Morgan fingerprint density at radius 1 is 1.09 bits per heavy atom. The summed E-state index contributed by atoms with van der Waals surface area (Å²) in [5.41, 5.74) is 1.62. The Bertz CT molecular complexity index is 1190. The smallest absolute Gasteiger partial charge is 0.245 e. The van der Waals surface area contributed by atoms with Crippen LogP contribution in [0.2, 0.25) is 0 Å². The molecule has 3 aromatic rings. The molecule has 32 heavy (non-hydrogen) atoms. The molecular formula is C21H25N5O4S2. The minimum atomic E-state index is -3.68. The van der Waals surface area contributed by atoms with Crippen LogP contribution in [0.4, 0.5) is 5.69 Å². The Morgan fingerprint density at radius 3 is 2.66 bits per heavy atom. The molecule has 9 nitrogen and oxygen atoms in total. The number of fused-ring (bicyclic) bond motifs is 1. The largest absolute Gasteiger partial charge is 0.491 e. The molecule has 0 saturated carbocycles. The van der Waals surface area contributed by atoms with Gasteiger partial charge in [-0.3, -0.25) is 9.69 Å². The second kappa shape index (κ2) is 9.90. The van der Waals surface area contributed by atoms with Gasteiger partial charge in [0.2, 0.25) is 15.9 Å². The first kappa shape index (κ1) is 22.6. The van der Waals surface area contributed by atoms with Gasteiger partial charge in [-0.05, 0) is 30.7 Å². The van der Waals surface area contributed by atoms with Crippen LogP contribution in [0.3, 0.4) is 0 Å². The zero-order valence-corrected chi connectivity index (χ0v) is 19.4. The number of nitrogens with one attached hydrogen (secondary N) is 1. The van der Waals surface area contributed by atoms with Crippen molar-refractivity contribution in [3.8, 4) is 5.75 Å². The summed E-state index contributed by atoms with van der Waals surface area (Å²) in [6.07, 6.45) is 0.878. The van der Waals surface area contributed by atoms with Crippen molar-refractivity contribution in [2.24, 2.45) is 0 Å². The average molecular weight is 476 g/mol. The summed E-state index contributed by atoms with van der Waals surface area (Å²) >= 11 is 0.998. The third-order valence-corrected chi connectivity index (χ3v) is 7.66. The van der Waals surface area contributed by atoms with E-state index in [1.165, 1.54) is 4.31 Å². The van der Waals surface area contributed by atoms with E-state index in [0.717, 1.165) is 18.1 Å². The Kier molecular flexibility index (Phi) is 6.99. The molecule has 1 N–H and O–H groups in total. The number of aromatic nitrogens is 2. The molecule has 1 amide bonds. The van der Waals surface area contributed by atoms with Crippen molar-refractivity contribution in [1.82, 2.24) is 18.0 Å².